The van der Waals surface area contributed by atoms with Crippen LogP contribution in [0.2, 0.25) is 0 Å². The molecule has 1 fully saturated rings. The number of furan rings is 1. The van der Waals surface area contributed by atoms with E-state index in [0.717, 1.165) is 11.1 Å². The molecule has 23 heavy (non-hydrogen) atoms. The minimum Gasteiger partial charge on any atom is -0.457 e. The van der Waals surface area contributed by atoms with E-state index in [-0.39, 0.29) is 17.0 Å². The number of benzene rings is 1. The van der Waals surface area contributed by atoms with Crippen molar-refractivity contribution in [2.45, 2.75) is 6.61 Å². The summed E-state index contributed by atoms with van der Waals surface area (Å²) in [7, 11) is 0. The molecule has 3 heterocycles. The SMILES string of the molecule is O=C1NC(=S)NC1=Cc1ccc(-c2ccc3c(c2)C(=O)OC3)o1. The lowest BCUT2D eigenvalue weighted by Crippen LogP contribution is -2.21. The molecule has 2 aliphatic heterocycles. The highest BCUT2D eigenvalue weighted by atomic mass is 32.1. The van der Waals surface area contributed by atoms with E-state index in [1.54, 1.807) is 24.3 Å². The molecule has 0 unspecified atom stereocenters. The van der Waals surface area contributed by atoms with E-state index < -0.39 is 0 Å². The Kier molecular flexibility index (Phi) is 3.02. The number of cyclic esters (lactones) is 1. The van der Waals surface area contributed by atoms with Crippen molar-refractivity contribution >= 4 is 35.3 Å². The molecule has 4 rings (SSSR count). The number of hydrogen-bond donors (Lipinski definition) is 2. The average molecular weight is 326 g/mol. The minimum atomic E-state index is -0.323. The van der Waals surface area contributed by atoms with Gasteiger partial charge in [-0.15, -0.1) is 0 Å². The Morgan fingerprint density at radius 3 is 2.78 bits per heavy atom. The van der Waals surface area contributed by atoms with Gasteiger partial charge in [-0.05, 0) is 30.4 Å². The van der Waals surface area contributed by atoms with Gasteiger partial charge < -0.3 is 14.5 Å². The molecule has 0 aliphatic carbocycles. The van der Waals surface area contributed by atoms with E-state index in [4.69, 9.17) is 21.4 Å². The zero-order valence-corrected chi connectivity index (χ0v) is 12.5. The minimum absolute atomic E-state index is 0.269. The zero-order valence-electron chi connectivity index (χ0n) is 11.7. The quantitative estimate of drug-likeness (QED) is 0.499. The molecular weight excluding hydrogens is 316 g/mol. The van der Waals surface area contributed by atoms with Gasteiger partial charge >= 0.3 is 5.97 Å². The maximum absolute atomic E-state index is 11.6. The van der Waals surface area contributed by atoms with Crippen LogP contribution in [0.5, 0.6) is 0 Å². The number of hydrogen-bond acceptors (Lipinski definition) is 5. The van der Waals surface area contributed by atoms with Crippen molar-refractivity contribution < 1.29 is 18.7 Å². The first-order valence-electron chi connectivity index (χ1n) is 6.84. The molecule has 6 nitrogen and oxygen atoms in total. The summed E-state index contributed by atoms with van der Waals surface area (Å²) in [6.45, 7) is 0.310. The Hall–Kier alpha value is -2.93. The van der Waals surface area contributed by atoms with Crippen LogP contribution in [0.25, 0.3) is 17.4 Å². The molecule has 1 aromatic carbocycles. The first-order chi connectivity index (χ1) is 11.1. The maximum Gasteiger partial charge on any atom is 0.338 e. The first-order valence-corrected chi connectivity index (χ1v) is 7.25. The van der Waals surface area contributed by atoms with Crippen LogP contribution in [-0.2, 0) is 16.1 Å². The van der Waals surface area contributed by atoms with Crippen molar-refractivity contribution in [1.29, 1.82) is 0 Å². The maximum atomic E-state index is 11.6. The third-order valence-corrected chi connectivity index (χ3v) is 3.81. The van der Waals surface area contributed by atoms with Crippen LogP contribution >= 0.6 is 12.2 Å². The number of ether oxygens (including phenoxy) is 1. The fraction of sp³-hybridized carbons (Fsp3) is 0.0625. The summed E-state index contributed by atoms with van der Waals surface area (Å²) >= 11 is 4.87. The molecule has 1 aromatic heterocycles. The average Bonchev–Trinajstić information content (AvgIpc) is 3.21. The van der Waals surface area contributed by atoms with Crippen LogP contribution in [0, 0.1) is 0 Å². The Morgan fingerprint density at radius 2 is 2.00 bits per heavy atom. The van der Waals surface area contributed by atoms with Crippen molar-refractivity contribution in [1.82, 2.24) is 10.6 Å². The number of rotatable bonds is 2. The Balaban J connectivity index is 1.65. The summed E-state index contributed by atoms with van der Waals surface area (Å²) in [5, 5.41) is 5.50. The molecule has 1 amide bonds. The molecule has 2 N–H and O–H groups in total. The van der Waals surface area contributed by atoms with Crippen molar-refractivity contribution in [3.05, 3.63) is 52.9 Å². The van der Waals surface area contributed by atoms with Gasteiger partial charge in [-0.25, -0.2) is 4.79 Å². The van der Waals surface area contributed by atoms with Crippen LogP contribution in [0.3, 0.4) is 0 Å². The van der Waals surface area contributed by atoms with Gasteiger partial charge in [-0.2, -0.15) is 0 Å². The predicted octanol–water partition coefficient (Wildman–Crippen LogP) is 1.96. The highest BCUT2D eigenvalue weighted by molar-refractivity contribution is 7.80. The number of carbonyl (C=O) groups excluding carboxylic acids is 2. The smallest absolute Gasteiger partial charge is 0.338 e. The second-order valence-corrected chi connectivity index (χ2v) is 5.52. The molecule has 7 heteroatoms. The second-order valence-electron chi connectivity index (χ2n) is 5.12. The normalized spacial score (nSPS) is 17.9. The summed E-state index contributed by atoms with van der Waals surface area (Å²) < 4.78 is 10.7. The number of thiocarbonyl (C=S) groups is 1. The van der Waals surface area contributed by atoms with Gasteiger partial charge in [0, 0.05) is 17.2 Å². The highest BCUT2D eigenvalue weighted by Crippen LogP contribution is 2.28. The molecule has 0 saturated carbocycles. The molecule has 114 valence electrons. The van der Waals surface area contributed by atoms with Crippen LogP contribution in [0.15, 0.2) is 40.4 Å². The second kappa shape index (κ2) is 5.06. The number of carbonyl (C=O) groups is 2. The monoisotopic (exact) mass is 326 g/mol. The lowest BCUT2D eigenvalue weighted by atomic mass is 10.0. The Bertz CT molecular complexity index is 897. The van der Waals surface area contributed by atoms with Gasteiger partial charge in [0.15, 0.2) is 5.11 Å². The molecule has 0 radical (unpaired) electrons. The van der Waals surface area contributed by atoms with Crippen LogP contribution in [0.4, 0.5) is 0 Å². The van der Waals surface area contributed by atoms with Gasteiger partial charge in [0.2, 0.25) is 0 Å². The summed E-state index contributed by atoms with van der Waals surface area (Å²) in [6.07, 6.45) is 1.57. The van der Waals surface area contributed by atoms with E-state index in [1.165, 1.54) is 0 Å². The fourth-order valence-electron chi connectivity index (χ4n) is 2.48. The number of amides is 1. The number of nitrogens with one attached hydrogen (secondary N) is 2. The number of esters is 1. The zero-order chi connectivity index (χ0) is 16.0. The van der Waals surface area contributed by atoms with Gasteiger partial charge in [-0.3, -0.25) is 10.1 Å². The summed E-state index contributed by atoms with van der Waals surface area (Å²) in [6, 6.07) is 8.98. The summed E-state index contributed by atoms with van der Waals surface area (Å²) in [5.74, 6) is 0.482. The van der Waals surface area contributed by atoms with Crippen molar-refractivity contribution in [3.8, 4) is 11.3 Å². The Morgan fingerprint density at radius 1 is 1.13 bits per heavy atom. The third kappa shape index (κ3) is 2.40. The lowest BCUT2D eigenvalue weighted by molar-refractivity contribution is -0.115. The van der Waals surface area contributed by atoms with Crippen molar-refractivity contribution in [2.24, 2.45) is 0 Å². The van der Waals surface area contributed by atoms with Crippen LogP contribution in [0.1, 0.15) is 21.7 Å². The number of fused-ring (bicyclic) bond motifs is 1. The highest BCUT2D eigenvalue weighted by Gasteiger charge is 2.23. The molecule has 0 bridgehead atoms. The molecule has 2 aromatic rings. The largest absolute Gasteiger partial charge is 0.457 e. The van der Waals surface area contributed by atoms with Gasteiger partial charge in [-0.1, -0.05) is 12.1 Å². The predicted molar refractivity (Wildman–Crippen MR) is 85.1 cm³/mol. The van der Waals surface area contributed by atoms with Crippen LogP contribution in [-0.4, -0.2) is 17.0 Å². The third-order valence-electron chi connectivity index (χ3n) is 3.61. The lowest BCUT2D eigenvalue weighted by Gasteiger charge is -1.99. The molecule has 1 saturated heterocycles. The van der Waals surface area contributed by atoms with E-state index in [0.29, 0.717) is 29.4 Å². The molecule has 2 aliphatic rings. The van der Waals surface area contributed by atoms with Gasteiger partial charge in [0.1, 0.15) is 23.8 Å². The molecular formula is C16H10N2O4S. The van der Waals surface area contributed by atoms with E-state index >= 15 is 0 Å². The fourth-order valence-corrected chi connectivity index (χ4v) is 2.68. The first kappa shape index (κ1) is 13.7. The van der Waals surface area contributed by atoms with Crippen LogP contribution < -0.4 is 10.6 Å². The van der Waals surface area contributed by atoms with Crippen molar-refractivity contribution in [2.75, 3.05) is 0 Å². The summed E-state index contributed by atoms with van der Waals surface area (Å²) in [4.78, 5) is 23.2. The van der Waals surface area contributed by atoms with Gasteiger partial charge in [0.05, 0.1) is 5.56 Å². The molecule has 0 spiro atoms. The Labute approximate surface area is 136 Å². The van der Waals surface area contributed by atoms with Crippen molar-refractivity contribution in [3.63, 3.8) is 0 Å². The van der Waals surface area contributed by atoms with E-state index in [9.17, 15) is 9.59 Å². The van der Waals surface area contributed by atoms with Gasteiger partial charge in [0.25, 0.3) is 5.91 Å². The van der Waals surface area contributed by atoms with E-state index in [1.807, 2.05) is 12.1 Å². The standard InChI is InChI=1S/C16H10N2O4S/c19-14-12(17-16(23)18-14)6-10-3-4-13(22-10)8-1-2-9-7-21-15(20)11(9)5-8/h1-6H,7H2,(H2,17,18,19,23). The molecule has 0 atom stereocenters. The van der Waals surface area contributed by atoms with E-state index in [2.05, 4.69) is 10.6 Å². The summed E-state index contributed by atoms with van der Waals surface area (Å²) in [5.41, 5.74) is 2.52. The topological polar surface area (TPSA) is 80.6 Å².